The smallest absolute Gasteiger partial charge is 0.141 e. The van der Waals surface area contributed by atoms with Gasteiger partial charge in [-0.1, -0.05) is 20.3 Å². The first kappa shape index (κ1) is 15.2. The molecular weight excluding hydrogens is 272 g/mol. The van der Waals surface area contributed by atoms with Crippen molar-refractivity contribution in [3.63, 3.8) is 0 Å². The molecule has 2 heteroatoms. The number of carbonyl (C=O) groups is 1. The van der Waals surface area contributed by atoms with Crippen molar-refractivity contribution < 1.29 is 9.90 Å². The van der Waals surface area contributed by atoms with E-state index in [1.165, 1.54) is 32.1 Å². The van der Waals surface area contributed by atoms with E-state index in [9.17, 15) is 9.90 Å². The maximum atomic E-state index is 12.5. The lowest BCUT2D eigenvalue weighted by molar-refractivity contribution is -0.166. The van der Waals surface area contributed by atoms with Crippen LogP contribution in [-0.4, -0.2) is 17.0 Å². The lowest BCUT2D eigenvalue weighted by Gasteiger charge is -2.61. The first-order valence-corrected chi connectivity index (χ1v) is 9.58. The van der Waals surface area contributed by atoms with Crippen molar-refractivity contribution in [3.8, 4) is 0 Å². The Kier molecular flexibility index (Phi) is 3.32. The Balaban J connectivity index is 1.68. The molecule has 0 saturated heterocycles. The van der Waals surface area contributed by atoms with Gasteiger partial charge in [-0.2, -0.15) is 0 Å². The van der Waals surface area contributed by atoms with Gasteiger partial charge in [0, 0.05) is 6.42 Å². The molecule has 4 aliphatic carbocycles. The van der Waals surface area contributed by atoms with Crippen LogP contribution in [0, 0.1) is 40.4 Å². The fourth-order valence-electron chi connectivity index (χ4n) is 7.22. The summed E-state index contributed by atoms with van der Waals surface area (Å²) >= 11 is 0. The summed E-state index contributed by atoms with van der Waals surface area (Å²) in [5, 5.41) is 10.9. The molecule has 0 heterocycles. The van der Waals surface area contributed by atoms with Crippen LogP contribution in [0.25, 0.3) is 0 Å². The summed E-state index contributed by atoms with van der Waals surface area (Å²) in [6, 6.07) is 0. The number of aliphatic hydroxyl groups is 1. The van der Waals surface area contributed by atoms with Gasteiger partial charge in [-0.05, 0) is 80.5 Å². The second kappa shape index (κ2) is 4.82. The number of Topliss-reactive ketones (excluding diaryl/α,β-unsaturated/α-hetero) is 1. The van der Waals surface area contributed by atoms with Crippen molar-refractivity contribution in [1.82, 2.24) is 0 Å². The number of hydrogen-bond acceptors (Lipinski definition) is 2. The summed E-state index contributed by atoms with van der Waals surface area (Å²) in [6.07, 6.45) is 8.96. The van der Waals surface area contributed by atoms with Crippen LogP contribution in [-0.2, 0) is 4.79 Å². The lowest BCUT2D eigenvalue weighted by atomic mass is 9.44. The van der Waals surface area contributed by atoms with Gasteiger partial charge in [0.25, 0.3) is 0 Å². The number of hydrogen-bond donors (Lipinski definition) is 1. The van der Waals surface area contributed by atoms with Crippen molar-refractivity contribution >= 4 is 5.78 Å². The summed E-state index contributed by atoms with van der Waals surface area (Å²) < 4.78 is 0. The van der Waals surface area contributed by atoms with Crippen LogP contribution in [0.2, 0.25) is 0 Å². The van der Waals surface area contributed by atoms with Crippen LogP contribution in [0.4, 0.5) is 0 Å². The van der Waals surface area contributed by atoms with Crippen molar-refractivity contribution in [2.24, 2.45) is 40.4 Å². The number of rotatable bonds is 0. The minimum absolute atomic E-state index is 0.341. The molecule has 4 saturated carbocycles. The van der Waals surface area contributed by atoms with E-state index < -0.39 is 11.5 Å². The third kappa shape index (κ3) is 1.79. The Bertz CT molecular complexity index is 486. The van der Waals surface area contributed by atoms with Gasteiger partial charge in [0.2, 0.25) is 0 Å². The summed E-state index contributed by atoms with van der Waals surface area (Å²) in [7, 11) is 0. The van der Waals surface area contributed by atoms with Crippen LogP contribution in [0.5, 0.6) is 0 Å². The van der Waals surface area contributed by atoms with Crippen LogP contribution >= 0.6 is 0 Å². The molecule has 0 aromatic carbocycles. The van der Waals surface area contributed by atoms with E-state index in [1.807, 2.05) is 0 Å². The Labute approximate surface area is 135 Å². The molecule has 4 aliphatic rings. The highest BCUT2D eigenvalue weighted by Crippen LogP contribution is 2.65. The highest BCUT2D eigenvalue weighted by atomic mass is 16.3. The average molecular weight is 304 g/mol. The van der Waals surface area contributed by atoms with Crippen molar-refractivity contribution in [2.75, 3.05) is 0 Å². The molecule has 4 fully saturated rings. The molecule has 124 valence electrons. The van der Waals surface area contributed by atoms with Gasteiger partial charge in [0.15, 0.2) is 0 Å². The van der Waals surface area contributed by atoms with E-state index in [2.05, 4.69) is 20.8 Å². The largest absolute Gasteiger partial charge is 0.392 e. The monoisotopic (exact) mass is 304 g/mol. The van der Waals surface area contributed by atoms with E-state index in [1.54, 1.807) is 0 Å². The van der Waals surface area contributed by atoms with E-state index in [4.69, 9.17) is 0 Å². The minimum Gasteiger partial charge on any atom is -0.392 e. The van der Waals surface area contributed by atoms with Gasteiger partial charge in [-0.3, -0.25) is 4.79 Å². The zero-order valence-corrected chi connectivity index (χ0v) is 14.5. The SMILES string of the molecule is C[C@@H]1CC[C@]2(C)C3CC(O)[C@]4(C)C(=O)CC[C@H]4[C@@H]3CC[C@@H]2C1. The predicted octanol–water partition coefficient (Wildman–Crippen LogP) is 4.21. The van der Waals surface area contributed by atoms with Crippen LogP contribution in [0.1, 0.15) is 72.1 Å². The quantitative estimate of drug-likeness (QED) is 0.728. The number of aliphatic hydroxyl groups excluding tert-OH is 1. The number of carbonyl (C=O) groups excluding carboxylic acids is 1. The molecule has 2 nitrogen and oxygen atoms in total. The molecular formula is C20H32O2. The Morgan fingerprint density at radius 1 is 1.05 bits per heavy atom. The van der Waals surface area contributed by atoms with E-state index in [-0.39, 0.29) is 0 Å². The molecule has 0 bridgehead atoms. The number of ketones is 1. The zero-order chi connectivity index (χ0) is 15.7. The molecule has 22 heavy (non-hydrogen) atoms. The van der Waals surface area contributed by atoms with E-state index >= 15 is 0 Å². The summed E-state index contributed by atoms with van der Waals surface area (Å²) in [5.74, 6) is 3.86. The summed E-state index contributed by atoms with van der Waals surface area (Å²) in [5.41, 5.74) is -0.00427. The first-order valence-electron chi connectivity index (χ1n) is 9.58. The van der Waals surface area contributed by atoms with E-state index in [0.717, 1.165) is 24.7 Å². The molecule has 0 radical (unpaired) electrons. The second-order valence-electron chi connectivity index (χ2n) is 9.53. The molecule has 2 unspecified atom stereocenters. The topological polar surface area (TPSA) is 37.3 Å². The average Bonchev–Trinajstić information content (AvgIpc) is 2.79. The van der Waals surface area contributed by atoms with Gasteiger partial charge in [0.05, 0.1) is 11.5 Å². The molecule has 8 atom stereocenters. The molecule has 1 N–H and O–H groups in total. The standard InChI is InChI=1S/C20H32O2/c1-12-8-9-19(2)13(10-12)4-5-14-15-6-7-17(21)20(15,3)18(22)11-16(14)19/h12-16,18,22H,4-11H2,1-3H3/t12-,13-,14+,15+,16?,18?,19+,20+/m1/s1. The van der Waals surface area contributed by atoms with Crippen molar-refractivity contribution in [1.29, 1.82) is 0 Å². The molecule has 0 aliphatic heterocycles. The molecule has 4 rings (SSSR count). The van der Waals surface area contributed by atoms with Gasteiger partial charge in [0.1, 0.15) is 5.78 Å². The van der Waals surface area contributed by atoms with Crippen molar-refractivity contribution in [2.45, 2.75) is 78.2 Å². The third-order valence-electron chi connectivity index (χ3n) is 8.75. The van der Waals surface area contributed by atoms with Crippen LogP contribution < -0.4 is 0 Å². The predicted molar refractivity (Wildman–Crippen MR) is 87.3 cm³/mol. The van der Waals surface area contributed by atoms with Gasteiger partial charge >= 0.3 is 0 Å². The summed E-state index contributed by atoms with van der Waals surface area (Å²) in [6.45, 7) is 7.01. The molecule has 0 aromatic heterocycles. The van der Waals surface area contributed by atoms with Crippen molar-refractivity contribution in [3.05, 3.63) is 0 Å². The normalized spacial score (nSPS) is 57.9. The second-order valence-corrected chi connectivity index (χ2v) is 9.53. The minimum atomic E-state index is -0.424. The van der Waals surface area contributed by atoms with E-state index in [0.29, 0.717) is 35.4 Å². The first-order chi connectivity index (χ1) is 10.4. The maximum Gasteiger partial charge on any atom is 0.141 e. The highest BCUT2D eigenvalue weighted by Gasteiger charge is 2.63. The van der Waals surface area contributed by atoms with Gasteiger partial charge in [-0.15, -0.1) is 0 Å². The molecule has 0 aromatic rings. The third-order valence-corrected chi connectivity index (χ3v) is 8.75. The fraction of sp³-hybridized carbons (Fsp3) is 0.950. The summed E-state index contributed by atoms with van der Waals surface area (Å²) in [4.78, 5) is 12.5. The molecule has 0 spiro atoms. The van der Waals surface area contributed by atoms with Crippen LogP contribution in [0.3, 0.4) is 0 Å². The Morgan fingerprint density at radius 2 is 1.82 bits per heavy atom. The van der Waals surface area contributed by atoms with Gasteiger partial charge < -0.3 is 5.11 Å². The molecule has 0 amide bonds. The lowest BCUT2D eigenvalue weighted by Crippen LogP contribution is -2.58. The van der Waals surface area contributed by atoms with Crippen LogP contribution in [0.15, 0.2) is 0 Å². The number of fused-ring (bicyclic) bond motifs is 5. The zero-order valence-electron chi connectivity index (χ0n) is 14.5. The Hall–Kier alpha value is -0.370. The Morgan fingerprint density at radius 3 is 2.59 bits per heavy atom. The highest BCUT2D eigenvalue weighted by molar-refractivity contribution is 5.87. The van der Waals surface area contributed by atoms with Gasteiger partial charge in [-0.25, -0.2) is 0 Å². The fourth-order valence-corrected chi connectivity index (χ4v) is 7.22. The maximum absolute atomic E-state index is 12.5.